The lowest BCUT2D eigenvalue weighted by Crippen LogP contribution is -2.46. The number of hydrogen-bond acceptors (Lipinski definition) is 3. The fourth-order valence-corrected chi connectivity index (χ4v) is 1.51. The van der Waals surface area contributed by atoms with Crippen molar-refractivity contribution in [2.24, 2.45) is 5.73 Å². The quantitative estimate of drug-likeness (QED) is 0.662. The largest absolute Gasteiger partial charge is 0.374 e. The minimum absolute atomic E-state index is 0.248. The Labute approximate surface area is 74.9 Å². The molecule has 3 heteroatoms. The van der Waals surface area contributed by atoms with Crippen molar-refractivity contribution in [3.05, 3.63) is 5.92 Å². The normalized spacial score (nSPS) is 26.5. The van der Waals surface area contributed by atoms with E-state index < -0.39 is 0 Å². The zero-order chi connectivity index (χ0) is 8.97. The molecule has 0 saturated carbocycles. The van der Waals surface area contributed by atoms with Crippen molar-refractivity contribution >= 4 is 0 Å². The van der Waals surface area contributed by atoms with Gasteiger partial charge in [-0.3, -0.25) is 4.90 Å². The van der Waals surface area contributed by atoms with Crippen LogP contribution in [0.1, 0.15) is 13.8 Å². The highest BCUT2D eigenvalue weighted by Gasteiger charge is 2.19. The molecule has 1 atom stereocenters. The second-order valence-electron chi connectivity index (χ2n) is 3.67. The van der Waals surface area contributed by atoms with Gasteiger partial charge in [-0.2, -0.15) is 0 Å². The fourth-order valence-electron chi connectivity index (χ4n) is 1.51. The third-order valence-electron chi connectivity index (χ3n) is 2.03. The predicted molar refractivity (Wildman–Crippen MR) is 49.8 cm³/mol. The summed E-state index contributed by atoms with van der Waals surface area (Å²) >= 11 is 0. The van der Waals surface area contributed by atoms with Crippen molar-refractivity contribution in [1.82, 2.24) is 4.90 Å². The van der Waals surface area contributed by atoms with Crippen molar-refractivity contribution in [2.75, 3.05) is 32.8 Å². The Kier molecular flexibility index (Phi) is 3.98. The molecule has 1 unspecified atom stereocenters. The Morgan fingerprint density at radius 3 is 2.92 bits per heavy atom. The van der Waals surface area contributed by atoms with Gasteiger partial charge in [-0.05, 0) is 5.92 Å². The Bertz CT molecular complexity index is 128. The van der Waals surface area contributed by atoms with Gasteiger partial charge in [-0.15, -0.1) is 0 Å². The highest BCUT2D eigenvalue weighted by Crippen LogP contribution is 2.07. The maximum Gasteiger partial charge on any atom is 0.0824 e. The van der Waals surface area contributed by atoms with Crippen LogP contribution >= 0.6 is 0 Å². The van der Waals surface area contributed by atoms with Gasteiger partial charge in [0.05, 0.1) is 12.7 Å². The van der Waals surface area contributed by atoms with Crippen LogP contribution in [-0.2, 0) is 4.74 Å². The molecule has 0 spiro atoms. The molecular formula is C9H19N2O. The third kappa shape index (κ3) is 3.09. The zero-order valence-corrected chi connectivity index (χ0v) is 8.05. The van der Waals surface area contributed by atoms with Crippen LogP contribution in [0.5, 0.6) is 0 Å². The van der Waals surface area contributed by atoms with Crippen LogP contribution in [0.15, 0.2) is 0 Å². The maximum atomic E-state index is 5.54. The van der Waals surface area contributed by atoms with Crippen LogP contribution < -0.4 is 5.73 Å². The summed E-state index contributed by atoms with van der Waals surface area (Å²) in [5.74, 6) is 1.45. The number of hydrogen-bond donors (Lipinski definition) is 1. The first-order valence-electron chi connectivity index (χ1n) is 4.55. The zero-order valence-electron chi connectivity index (χ0n) is 8.05. The molecule has 0 aromatic heterocycles. The van der Waals surface area contributed by atoms with Crippen LogP contribution in [0, 0.1) is 5.92 Å². The Morgan fingerprint density at radius 2 is 2.33 bits per heavy atom. The van der Waals surface area contributed by atoms with E-state index in [1.807, 2.05) is 0 Å². The molecule has 0 amide bonds. The molecule has 0 aromatic carbocycles. The van der Waals surface area contributed by atoms with Gasteiger partial charge in [0.1, 0.15) is 0 Å². The van der Waals surface area contributed by atoms with E-state index in [1.54, 1.807) is 0 Å². The maximum absolute atomic E-state index is 5.54. The highest BCUT2D eigenvalue weighted by atomic mass is 16.5. The Hall–Kier alpha value is -0.120. The van der Waals surface area contributed by atoms with Gasteiger partial charge in [-0.1, -0.05) is 13.8 Å². The van der Waals surface area contributed by atoms with Crippen molar-refractivity contribution < 1.29 is 4.74 Å². The lowest BCUT2D eigenvalue weighted by Gasteiger charge is -2.33. The number of morpholine rings is 1. The van der Waals surface area contributed by atoms with Gasteiger partial charge in [0, 0.05) is 26.2 Å². The van der Waals surface area contributed by atoms with E-state index in [1.165, 1.54) is 5.92 Å². The number of ether oxygens (including phenoxy) is 1. The first-order chi connectivity index (χ1) is 5.72. The summed E-state index contributed by atoms with van der Waals surface area (Å²) < 4.78 is 5.46. The second kappa shape index (κ2) is 4.80. The first kappa shape index (κ1) is 9.96. The predicted octanol–water partition coefficient (Wildman–Crippen LogP) is 0.260. The monoisotopic (exact) mass is 171 g/mol. The molecule has 3 nitrogen and oxygen atoms in total. The molecule has 0 aliphatic carbocycles. The van der Waals surface area contributed by atoms with Gasteiger partial charge < -0.3 is 10.5 Å². The summed E-state index contributed by atoms with van der Waals surface area (Å²) in [6, 6.07) is 0. The van der Waals surface area contributed by atoms with Gasteiger partial charge in [-0.25, -0.2) is 0 Å². The molecule has 1 heterocycles. The van der Waals surface area contributed by atoms with Gasteiger partial charge >= 0.3 is 0 Å². The van der Waals surface area contributed by atoms with Crippen molar-refractivity contribution in [3.63, 3.8) is 0 Å². The molecule has 0 aromatic rings. The SMILES string of the molecule is C[C](C)CN1CCOC(CN)C1. The lowest BCUT2D eigenvalue weighted by atomic mass is 10.2. The molecule has 1 fully saturated rings. The summed E-state index contributed by atoms with van der Waals surface area (Å²) in [4.78, 5) is 2.40. The van der Waals surface area contributed by atoms with E-state index in [4.69, 9.17) is 10.5 Å². The number of rotatable bonds is 3. The second-order valence-corrected chi connectivity index (χ2v) is 3.67. The minimum Gasteiger partial charge on any atom is -0.374 e. The first-order valence-corrected chi connectivity index (χ1v) is 4.55. The van der Waals surface area contributed by atoms with E-state index in [9.17, 15) is 0 Å². The summed E-state index contributed by atoms with van der Waals surface area (Å²) in [5.41, 5.74) is 5.54. The van der Waals surface area contributed by atoms with Crippen LogP contribution in [0.25, 0.3) is 0 Å². The van der Waals surface area contributed by atoms with E-state index in [0.29, 0.717) is 6.54 Å². The summed E-state index contributed by atoms with van der Waals surface area (Å²) in [6.07, 6.45) is 0.248. The van der Waals surface area contributed by atoms with Crippen LogP contribution in [0.4, 0.5) is 0 Å². The molecule has 2 N–H and O–H groups in total. The number of nitrogens with zero attached hydrogens (tertiary/aromatic N) is 1. The summed E-state index contributed by atoms with van der Waals surface area (Å²) in [5, 5.41) is 0. The van der Waals surface area contributed by atoms with Crippen molar-refractivity contribution in [3.8, 4) is 0 Å². The molecule has 1 rings (SSSR count). The third-order valence-corrected chi connectivity index (χ3v) is 2.03. The van der Waals surface area contributed by atoms with E-state index >= 15 is 0 Å². The highest BCUT2D eigenvalue weighted by molar-refractivity contribution is 4.84. The van der Waals surface area contributed by atoms with Crippen molar-refractivity contribution in [2.45, 2.75) is 20.0 Å². The van der Waals surface area contributed by atoms with Crippen molar-refractivity contribution in [1.29, 1.82) is 0 Å². The molecule has 12 heavy (non-hydrogen) atoms. The molecule has 0 bridgehead atoms. The smallest absolute Gasteiger partial charge is 0.0824 e. The molecular weight excluding hydrogens is 152 g/mol. The van der Waals surface area contributed by atoms with E-state index in [2.05, 4.69) is 18.7 Å². The van der Waals surface area contributed by atoms with E-state index in [0.717, 1.165) is 26.2 Å². The standard InChI is InChI=1S/C9H19N2O/c1-8(2)6-11-3-4-12-9(5-10)7-11/h9H,3-7,10H2,1-2H3. The molecule has 71 valence electrons. The average molecular weight is 171 g/mol. The average Bonchev–Trinajstić information content (AvgIpc) is 2.03. The van der Waals surface area contributed by atoms with E-state index in [-0.39, 0.29) is 6.10 Å². The van der Waals surface area contributed by atoms with Crippen LogP contribution in [-0.4, -0.2) is 43.8 Å². The topological polar surface area (TPSA) is 38.5 Å². The van der Waals surface area contributed by atoms with Gasteiger partial charge in [0.25, 0.3) is 0 Å². The van der Waals surface area contributed by atoms with Crippen LogP contribution in [0.2, 0.25) is 0 Å². The molecule has 1 aliphatic heterocycles. The summed E-state index contributed by atoms with van der Waals surface area (Å²) in [7, 11) is 0. The summed E-state index contributed by atoms with van der Waals surface area (Å²) in [6.45, 7) is 8.90. The number of nitrogens with two attached hydrogens (primary N) is 1. The molecule has 1 radical (unpaired) electrons. The van der Waals surface area contributed by atoms with Crippen LogP contribution in [0.3, 0.4) is 0 Å². The lowest BCUT2D eigenvalue weighted by molar-refractivity contribution is -0.0213. The Morgan fingerprint density at radius 1 is 1.58 bits per heavy atom. The Balaban J connectivity index is 2.25. The molecule has 1 saturated heterocycles. The fraction of sp³-hybridized carbons (Fsp3) is 0.889. The molecule has 1 aliphatic rings. The minimum atomic E-state index is 0.248. The van der Waals surface area contributed by atoms with Gasteiger partial charge in [0.2, 0.25) is 0 Å². The van der Waals surface area contributed by atoms with Gasteiger partial charge in [0.15, 0.2) is 0 Å².